The van der Waals surface area contributed by atoms with Gasteiger partial charge in [0.25, 0.3) is 5.91 Å². The third-order valence-corrected chi connectivity index (χ3v) is 6.33. The highest BCUT2D eigenvalue weighted by molar-refractivity contribution is 5.95. The molecule has 2 heterocycles. The van der Waals surface area contributed by atoms with Crippen molar-refractivity contribution in [3.63, 3.8) is 0 Å². The molecular weight excluding hydrogens is 417 g/mol. The molecule has 0 radical (unpaired) electrons. The predicted molar refractivity (Wildman–Crippen MR) is 126 cm³/mol. The van der Waals surface area contributed by atoms with E-state index in [4.69, 9.17) is 0 Å². The summed E-state index contributed by atoms with van der Waals surface area (Å²) >= 11 is 0. The molecule has 170 valence electrons. The Morgan fingerprint density at radius 2 is 1.73 bits per heavy atom. The van der Waals surface area contributed by atoms with E-state index in [2.05, 4.69) is 4.98 Å². The van der Waals surface area contributed by atoms with Crippen LogP contribution in [0.25, 0.3) is 11.1 Å². The molecule has 1 aromatic heterocycles. The number of halogens is 1. The summed E-state index contributed by atoms with van der Waals surface area (Å²) in [6.07, 6.45) is 5.18. The quantitative estimate of drug-likeness (QED) is 0.583. The summed E-state index contributed by atoms with van der Waals surface area (Å²) in [6, 6.07) is 17.8. The van der Waals surface area contributed by atoms with Crippen molar-refractivity contribution in [2.75, 3.05) is 27.2 Å². The van der Waals surface area contributed by atoms with Crippen LogP contribution in [-0.4, -0.2) is 53.8 Å². The van der Waals surface area contributed by atoms with Gasteiger partial charge in [-0.1, -0.05) is 42.5 Å². The Morgan fingerprint density at radius 3 is 2.39 bits per heavy atom. The maximum Gasteiger partial charge on any atom is 0.253 e. The highest BCUT2D eigenvalue weighted by Crippen LogP contribution is 2.36. The molecule has 0 N–H and O–H groups in total. The Labute approximate surface area is 193 Å². The first-order valence-electron chi connectivity index (χ1n) is 11.1. The smallest absolute Gasteiger partial charge is 0.253 e. The zero-order chi connectivity index (χ0) is 23.4. The molecule has 5 nitrogen and oxygen atoms in total. The number of hydrogen-bond donors (Lipinski definition) is 0. The molecular formula is C27H28FN3O2. The second-order valence-electron chi connectivity index (χ2n) is 8.90. The number of piperidine rings is 1. The van der Waals surface area contributed by atoms with Gasteiger partial charge in [-0.25, -0.2) is 4.39 Å². The molecule has 33 heavy (non-hydrogen) atoms. The molecule has 1 aliphatic heterocycles. The number of nitrogens with zero attached hydrogens (tertiary/aromatic N) is 3. The van der Waals surface area contributed by atoms with Gasteiger partial charge >= 0.3 is 0 Å². The van der Waals surface area contributed by atoms with Crippen molar-refractivity contribution in [2.45, 2.75) is 19.3 Å². The third-order valence-electron chi connectivity index (χ3n) is 6.33. The number of hydrogen-bond acceptors (Lipinski definition) is 3. The standard InChI is InChI=1S/C27H28FN3O2/c1-30(2)26(33)27(14-5-17-31(19-27)25(32)22-12-15-29-16-13-22)18-20-8-10-21(11-9-20)23-6-3-4-7-24(23)28/h3-4,6-13,15-16H,5,14,17-19H2,1-2H3/t27-/m0/s1. The number of pyridine rings is 1. The molecule has 0 aliphatic carbocycles. The second-order valence-corrected chi connectivity index (χ2v) is 8.90. The van der Waals surface area contributed by atoms with Gasteiger partial charge in [0.2, 0.25) is 5.91 Å². The van der Waals surface area contributed by atoms with Crippen LogP contribution in [0, 0.1) is 11.2 Å². The lowest BCUT2D eigenvalue weighted by Crippen LogP contribution is -2.54. The Balaban J connectivity index is 1.60. The van der Waals surface area contributed by atoms with Crippen LogP contribution in [0.15, 0.2) is 73.1 Å². The zero-order valence-corrected chi connectivity index (χ0v) is 19.0. The first kappa shape index (κ1) is 22.6. The van der Waals surface area contributed by atoms with E-state index in [0.29, 0.717) is 37.1 Å². The first-order valence-corrected chi connectivity index (χ1v) is 11.1. The van der Waals surface area contributed by atoms with E-state index in [9.17, 15) is 14.0 Å². The lowest BCUT2D eigenvalue weighted by Gasteiger charge is -2.43. The van der Waals surface area contributed by atoms with Gasteiger partial charge in [0.05, 0.1) is 5.41 Å². The number of aromatic nitrogens is 1. The van der Waals surface area contributed by atoms with Gasteiger partial charge in [0.15, 0.2) is 0 Å². The number of rotatable bonds is 5. The average molecular weight is 446 g/mol. The van der Waals surface area contributed by atoms with Crippen LogP contribution < -0.4 is 0 Å². The number of carbonyl (C=O) groups excluding carboxylic acids is 2. The fourth-order valence-corrected chi connectivity index (χ4v) is 4.74. The molecule has 1 saturated heterocycles. The van der Waals surface area contributed by atoms with Gasteiger partial charge in [0.1, 0.15) is 5.82 Å². The van der Waals surface area contributed by atoms with Gasteiger partial charge in [-0.3, -0.25) is 14.6 Å². The predicted octanol–water partition coefficient (Wildman–Crippen LogP) is 4.44. The van der Waals surface area contributed by atoms with Crippen LogP contribution >= 0.6 is 0 Å². The molecule has 1 atom stereocenters. The molecule has 0 bridgehead atoms. The van der Waals surface area contributed by atoms with E-state index in [1.165, 1.54) is 6.07 Å². The van der Waals surface area contributed by atoms with Crippen molar-refractivity contribution < 1.29 is 14.0 Å². The maximum atomic E-state index is 14.2. The largest absolute Gasteiger partial charge is 0.348 e. The van der Waals surface area contributed by atoms with Crippen LogP contribution in [-0.2, 0) is 11.2 Å². The highest BCUT2D eigenvalue weighted by atomic mass is 19.1. The van der Waals surface area contributed by atoms with E-state index >= 15 is 0 Å². The SMILES string of the molecule is CN(C)C(=O)[C@]1(Cc2ccc(-c3ccccc3F)cc2)CCCN(C(=O)c2ccncc2)C1. The van der Waals surface area contributed by atoms with Gasteiger partial charge < -0.3 is 9.80 Å². The fraction of sp³-hybridized carbons (Fsp3) is 0.296. The summed E-state index contributed by atoms with van der Waals surface area (Å²) in [5.41, 5.74) is 2.21. The van der Waals surface area contributed by atoms with E-state index in [0.717, 1.165) is 17.5 Å². The molecule has 0 unspecified atom stereocenters. The molecule has 0 saturated carbocycles. The van der Waals surface area contributed by atoms with E-state index in [-0.39, 0.29) is 17.6 Å². The minimum absolute atomic E-state index is 0.0212. The molecule has 4 rings (SSSR count). The normalized spacial score (nSPS) is 18.1. The molecule has 1 fully saturated rings. The van der Waals surface area contributed by atoms with Crippen LogP contribution in [0.2, 0.25) is 0 Å². The first-order chi connectivity index (χ1) is 15.9. The zero-order valence-electron chi connectivity index (χ0n) is 19.0. The van der Waals surface area contributed by atoms with Crippen LogP contribution in [0.1, 0.15) is 28.8 Å². The van der Waals surface area contributed by atoms with E-state index in [1.807, 2.05) is 30.3 Å². The van der Waals surface area contributed by atoms with Crippen molar-refractivity contribution in [2.24, 2.45) is 5.41 Å². The Bertz CT molecular complexity index is 1130. The van der Waals surface area contributed by atoms with Crippen molar-refractivity contribution >= 4 is 11.8 Å². The van der Waals surface area contributed by atoms with Gasteiger partial charge in [-0.05, 0) is 48.6 Å². The topological polar surface area (TPSA) is 53.5 Å². The lowest BCUT2D eigenvalue weighted by atomic mass is 9.73. The Kier molecular flexibility index (Phi) is 6.54. The van der Waals surface area contributed by atoms with E-state index < -0.39 is 5.41 Å². The van der Waals surface area contributed by atoms with Gasteiger partial charge in [0, 0.05) is 50.7 Å². The van der Waals surface area contributed by atoms with Crippen molar-refractivity contribution in [1.29, 1.82) is 0 Å². The number of amides is 2. The lowest BCUT2D eigenvalue weighted by molar-refractivity contribution is -0.142. The Morgan fingerprint density at radius 1 is 1.03 bits per heavy atom. The fourth-order valence-electron chi connectivity index (χ4n) is 4.74. The Hall–Kier alpha value is -3.54. The van der Waals surface area contributed by atoms with Crippen LogP contribution in [0.5, 0.6) is 0 Å². The molecule has 2 aromatic carbocycles. The summed E-state index contributed by atoms with van der Waals surface area (Å²) in [5.74, 6) is -0.321. The average Bonchev–Trinajstić information content (AvgIpc) is 2.84. The molecule has 3 aromatic rings. The summed E-state index contributed by atoms with van der Waals surface area (Å²) in [5, 5.41) is 0. The second kappa shape index (κ2) is 9.53. The summed E-state index contributed by atoms with van der Waals surface area (Å²) in [6.45, 7) is 0.982. The van der Waals surface area contributed by atoms with E-state index in [1.54, 1.807) is 60.6 Å². The summed E-state index contributed by atoms with van der Waals surface area (Å²) < 4.78 is 14.2. The summed E-state index contributed by atoms with van der Waals surface area (Å²) in [4.78, 5) is 33.9. The molecule has 1 aliphatic rings. The molecule has 6 heteroatoms. The molecule has 2 amide bonds. The minimum Gasteiger partial charge on any atom is -0.348 e. The van der Waals surface area contributed by atoms with Crippen molar-refractivity contribution in [3.8, 4) is 11.1 Å². The van der Waals surface area contributed by atoms with Crippen molar-refractivity contribution in [1.82, 2.24) is 14.8 Å². The number of likely N-dealkylation sites (tertiary alicyclic amines) is 1. The minimum atomic E-state index is -0.704. The van der Waals surface area contributed by atoms with Crippen LogP contribution in [0.3, 0.4) is 0 Å². The molecule has 0 spiro atoms. The van der Waals surface area contributed by atoms with Crippen molar-refractivity contribution in [3.05, 3.63) is 90.0 Å². The third kappa shape index (κ3) is 4.80. The van der Waals surface area contributed by atoms with Crippen LogP contribution in [0.4, 0.5) is 4.39 Å². The number of carbonyl (C=O) groups is 2. The summed E-state index contributed by atoms with van der Waals surface area (Å²) in [7, 11) is 3.52. The monoisotopic (exact) mass is 445 g/mol. The highest BCUT2D eigenvalue weighted by Gasteiger charge is 2.44. The van der Waals surface area contributed by atoms with Gasteiger partial charge in [-0.15, -0.1) is 0 Å². The van der Waals surface area contributed by atoms with Gasteiger partial charge in [-0.2, -0.15) is 0 Å². The number of benzene rings is 2. The maximum absolute atomic E-state index is 14.2.